The summed E-state index contributed by atoms with van der Waals surface area (Å²) in [5.74, 6) is 1.02. The van der Waals surface area contributed by atoms with Crippen LogP contribution in [-0.2, 0) is 16.0 Å². The van der Waals surface area contributed by atoms with E-state index in [2.05, 4.69) is 19.1 Å². The van der Waals surface area contributed by atoms with E-state index >= 15 is 0 Å². The molecule has 0 spiro atoms. The number of ether oxygens (including phenoxy) is 1. The van der Waals surface area contributed by atoms with Gasteiger partial charge >= 0.3 is 0 Å². The van der Waals surface area contributed by atoms with Crippen molar-refractivity contribution in [1.82, 2.24) is 9.80 Å². The first kappa shape index (κ1) is 22.6. The fourth-order valence-corrected chi connectivity index (χ4v) is 3.59. The maximum Gasteiger partial charge on any atom is 0.246 e. The zero-order valence-corrected chi connectivity index (χ0v) is 18.3. The minimum absolute atomic E-state index is 0.0116. The molecule has 2 aromatic carbocycles. The molecule has 5 nitrogen and oxygen atoms in total. The van der Waals surface area contributed by atoms with Crippen LogP contribution in [0.3, 0.4) is 0 Å². The largest absolute Gasteiger partial charge is 0.494 e. The van der Waals surface area contributed by atoms with E-state index < -0.39 is 0 Å². The second-order valence-electron chi connectivity index (χ2n) is 7.80. The molecule has 2 aromatic rings. The predicted octanol–water partition coefficient (Wildman–Crippen LogP) is 4.18. The average Bonchev–Trinajstić information content (AvgIpc) is 2.82. The Morgan fingerprint density at radius 2 is 1.61 bits per heavy atom. The molecule has 31 heavy (non-hydrogen) atoms. The maximum atomic E-state index is 12.5. The molecular formula is C26H32N2O3. The Morgan fingerprint density at radius 1 is 0.935 bits per heavy atom. The minimum Gasteiger partial charge on any atom is -0.494 e. The summed E-state index contributed by atoms with van der Waals surface area (Å²) in [6.45, 7) is 5.15. The lowest BCUT2D eigenvalue weighted by Gasteiger charge is -2.34. The molecule has 0 N–H and O–H groups in total. The van der Waals surface area contributed by atoms with E-state index in [-0.39, 0.29) is 11.8 Å². The van der Waals surface area contributed by atoms with Crippen molar-refractivity contribution in [3.8, 4) is 5.75 Å². The van der Waals surface area contributed by atoms with Crippen molar-refractivity contribution in [2.45, 2.75) is 32.6 Å². The van der Waals surface area contributed by atoms with E-state index in [0.29, 0.717) is 39.2 Å². The zero-order chi connectivity index (χ0) is 21.9. The van der Waals surface area contributed by atoms with Crippen LogP contribution < -0.4 is 4.74 Å². The molecule has 0 radical (unpaired) electrons. The van der Waals surface area contributed by atoms with Crippen LogP contribution in [0.2, 0.25) is 0 Å². The molecule has 1 fully saturated rings. The SMILES string of the molecule is CCCOc1ccc(/C=C/C(=O)N2CCN(C(=O)CCCc3ccccc3)CC2)cc1. The smallest absolute Gasteiger partial charge is 0.246 e. The van der Waals surface area contributed by atoms with E-state index in [1.54, 1.807) is 6.08 Å². The fourth-order valence-electron chi connectivity index (χ4n) is 3.59. The van der Waals surface area contributed by atoms with Gasteiger partial charge in [-0.05, 0) is 48.6 Å². The van der Waals surface area contributed by atoms with E-state index in [1.165, 1.54) is 5.56 Å². The van der Waals surface area contributed by atoms with Crippen molar-refractivity contribution in [1.29, 1.82) is 0 Å². The number of hydrogen-bond donors (Lipinski definition) is 0. The summed E-state index contributed by atoms with van der Waals surface area (Å²) in [6, 6.07) is 18.0. The molecule has 0 bridgehead atoms. The second-order valence-corrected chi connectivity index (χ2v) is 7.80. The van der Waals surface area contributed by atoms with Crippen LogP contribution in [0.4, 0.5) is 0 Å². The summed E-state index contributed by atoms with van der Waals surface area (Å²) < 4.78 is 5.58. The van der Waals surface area contributed by atoms with E-state index in [0.717, 1.165) is 30.6 Å². The standard InChI is InChI=1S/C26H32N2O3/c1-2-21-31-24-14-11-23(12-15-24)13-16-26(30)28-19-17-27(18-20-28)25(29)10-6-9-22-7-4-3-5-8-22/h3-5,7-8,11-16H,2,6,9-10,17-21H2,1H3/b16-13+. The van der Waals surface area contributed by atoms with Crippen LogP contribution >= 0.6 is 0 Å². The van der Waals surface area contributed by atoms with Gasteiger partial charge in [-0.1, -0.05) is 49.4 Å². The third-order valence-electron chi connectivity index (χ3n) is 5.41. The van der Waals surface area contributed by atoms with Crippen molar-refractivity contribution in [2.24, 2.45) is 0 Å². The molecule has 5 heteroatoms. The van der Waals surface area contributed by atoms with Gasteiger partial charge in [-0.25, -0.2) is 0 Å². The van der Waals surface area contributed by atoms with Crippen LogP contribution in [0.15, 0.2) is 60.7 Å². The average molecular weight is 421 g/mol. The first-order valence-electron chi connectivity index (χ1n) is 11.2. The van der Waals surface area contributed by atoms with E-state index in [4.69, 9.17) is 4.74 Å². The van der Waals surface area contributed by atoms with Gasteiger partial charge < -0.3 is 14.5 Å². The molecule has 1 aliphatic heterocycles. The highest BCUT2D eigenvalue weighted by Gasteiger charge is 2.22. The van der Waals surface area contributed by atoms with Gasteiger partial charge in [-0.15, -0.1) is 0 Å². The van der Waals surface area contributed by atoms with Crippen molar-refractivity contribution >= 4 is 17.9 Å². The molecule has 3 rings (SSSR count). The Hall–Kier alpha value is -3.08. The normalized spacial score (nSPS) is 14.1. The van der Waals surface area contributed by atoms with E-state index in [9.17, 15) is 9.59 Å². The van der Waals surface area contributed by atoms with Gasteiger partial charge in [0.2, 0.25) is 11.8 Å². The van der Waals surface area contributed by atoms with Crippen molar-refractivity contribution in [3.05, 3.63) is 71.8 Å². The van der Waals surface area contributed by atoms with Gasteiger partial charge in [-0.3, -0.25) is 9.59 Å². The summed E-state index contributed by atoms with van der Waals surface area (Å²) in [4.78, 5) is 28.7. The van der Waals surface area contributed by atoms with E-state index in [1.807, 2.05) is 58.3 Å². The van der Waals surface area contributed by atoms with Crippen molar-refractivity contribution in [2.75, 3.05) is 32.8 Å². The molecule has 1 heterocycles. The highest BCUT2D eigenvalue weighted by Crippen LogP contribution is 2.14. The fraction of sp³-hybridized carbons (Fsp3) is 0.385. The van der Waals surface area contributed by atoms with Gasteiger partial charge in [0.05, 0.1) is 6.61 Å². The van der Waals surface area contributed by atoms with Crippen LogP contribution in [0, 0.1) is 0 Å². The topological polar surface area (TPSA) is 49.9 Å². The number of nitrogens with zero attached hydrogens (tertiary/aromatic N) is 2. The third-order valence-corrected chi connectivity index (χ3v) is 5.41. The summed E-state index contributed by atoms with van der Waals surface area (Å²) in [6.07, 6.45) is 6.74. The molecule has 1 aliphatic rings. The molecule has 0 saturated carbocycles. The van der Waals surface area contributed by atoms with Crippen molar-refractivity contribution < 1.29 is 14.3 Å². The predicted molar refractivity (Wildman–Crippen MR) is 124 cm³/mol. The Morgan fingerprint density at radius 3 is 2.29 bits per heavy atom. The number of aryl methyl sites for hydroxylation is 1. The Labute approximate surface area is 185 Å². The lowest BCUT2D eigenvalue weighted by atomic mass is 10.1. The highest BCUT2D eigenvalue weighted by atomic mass is 16.5. The Kier molecular flexibility index (Phi) is 8.71. The van der Waals surface area contributed by atoms with Gasteiger partial charge in [-0.2, -0.15) is 0 Å². The summed E-state index contributed by atoms with van der Waals surface area (Å²) >= 11 is 0. The molecule has 0 aromatic heterocycles. The number of piperazine rings is 1. The molecule has 1 saturated heterocycles. The quantitative estimate of drug-likeness (QED) is 0.572. The van der Waals surface area contributed by atoms with Gasteiger partial charge in [0.25, 0.3) is 0 Å². The number of amides is 2. The highest BCUT2D eigenvalue weighted by molar-refractivity contribution is 5.92. The van der Waals surface area contributed by atoms with Gasteiger partial charge in [0, 0.05) is 38.7 Å². The molecule has 0 aliphatic carbocycles. The third kappa shape index (κ3) is 7.28. The number of carbonyl (C=O) groups is 2. The summed E-state index contributed by atoms with van der Waals surface area (Å²) in [7, 11) is 0. The first-order valence-corrected chi connectivity index (χ1v) is 11.2. The van der Waals surface area contributed by atoms with Crippen molar-refractivity contribution in [3.63, 3.8) is 0 Å². The number of benzene rings is 2. The molecule has 0 unspecified atom stereocenters. The molecule has 0 atom stereocenters. The van der Waals surface area contributed by atoms with Gasteiger partial charge in [0.15, 0.2) is 0 Å². The van der Waals surface area contributed by atoms with Crippen LogP contribution in [0.5, 0.6) is 5.75 Å². The minimum atomic E-state index is -0.0116. The summed E-state index contributed by atoms with van der Waals surface area (Å²) in [5, 5.41) is 0. The first-order chi connectivity index (χ1) is 15.2. The van der Waals surface area contributed by atoms with Crippen LogP contribution in [0.1, 0.15) is 37.3 Å². The lowest BCUT2D eigenvalue weighted by molar-refractivity contribution is -0.137. The molecule has 164 valence electrons. The van der Waals surface area contributed by atoms with Gasteiger partial charge in [0.1, 0.15) is 5.75 Å². The number of rotatable bonds is 9. The second kappa shape index (κ2) is 11.9. The Balaban J connectivity index is 1.38. The zero-order valence-electron chi connectivity index (χ0n) is 18.3. The summed E-state index contributed by atoms with van der Waals surface area (Å²) in [5.41, 5.74) is 2.23. The molecule has 2 amide bonds. The number of carbonyl (C=O) groups excluding carboxylic acids is 2. The van der Waals surface area contributed by atoms with Crippen LogP contribution in [-0.4, -0.2) is 54.4 Å². The molecular weight excluding hydrogens is 388 g/mol. The number of hydrogen-bond acceptors (Lipinski definition) is 3. The Bertz CT molecular complexity index is 854. The lowest BCUT2D eigenvalue weighted by Crippen LogP contribution is -2.50. The maximum absolute atomic E-state index is 12.5. The van der Waals surface area contributed by atoms with Crippen LogP contribution in [0.25, 0.3) is 6.08 Å². The monoisotopic (exact) mass is 420 g/mol.